The van der Waals surface area contributed by atoms with Crippen LogP contribution in [0.25, 0.3) is 0 Å². The molecule has 0 atom stereocenters. The SMILES string of the molecule is COCCN(CC(=O)N(CCc1ccccc1)Cc1ccc(C)o1)C(=O)C1CCCC1. The van der Waals surface area contributed by atoms with E-state index in [0.717, 1.165) is 43.6 Å². The Kier molecular flexibility index (Phi) is 8.71. The molecule has 0 saturated heterocycles. The molecule has 1 saturated carbocycles. The van der Waals surface area contributed by atoms with Gasteiger partial charge >= 0.3 is 0 Å². The van der Waals surface area contributed by atoms with E-state index >= 15 is 0 Å². The summed E-state index contributed by atoms with van der Waals surface area (Å²) in [7, 11) is 1.62. The first-order valence-corrected chi connectivity index (χ1v) is 11.2. The highest BCUT2D eigenvalue weighted by Crippen LogP contribution is 2.26. The number of aryl methyl sites for hydroxylation is 1. The summed E-state index contributed by atoms with van der Waals surface area (Å²) in [6, 6.07) is 13.9. The molecule has 0 bridgehead atoms. The third-order valence-corrected chi connectivity index (χ3v) is 5.92. The normalized spacial score (nSPS) is 14.0. The summed E-state index contributed by atoms with van der Waals surface area (Å²) in [6.45, 7) is 3.80. The van der Waals surface area contributed by atoms with Gasteiger partial charge in [0.15, 0.2) is 0 Å². The average Bonchev–Trinajstić information content (AvgIpc) is 3.46. The van der Waals surface area contributed by atoms with Gasteiger partial charge in [0, 0.05) is 26.1 Å². The van der Waals surface area contributed by atoms with Gasteiger partial charge in [-0.15, -0.1) is 0 Å². The first-order valence-electron chi connectivity index (χ1n) is 11.2. The fraction of sp³-hybridized carbons (Fsp3) is 0.520. The maximum absolute atomic E-state index is 13.3. The fourth-order valence-corrected chi connectivity index (χ4v) is 4.12. The topological polar surface area (TPSA) is 63.0 Å². The number of hydrogen-bond acceptors (Lipinski definition) is 4. The van der Waals surface area contributed by atoms with E-state index in [2.05, 4.69) is 12.1 Å². The lowest BCUT2D eigenvalue weighted by Crippen LogP contribution is -2.46. The monoisotopic (exact) mass is 426 g/mol. The first kappa shape index (κ1) is 23.1. The number of rotatable bonds is 11. The summed E-state index contributed by atoms with van der Waals surface area (Å²) in [5.41, 5.74) is 1.18. The Bertz CT molecular complexity index is 827. The van der Waals surface area contributed by atoms with Crippen molar-refractivity contribution in [3.05, 3.63) is 59.5 Å². The van der Waals surface area contributed by atoms with Crippen LogP contribution in [0.2, 0.25) is 0 Å². The van der Waals surface area contributed by atoms with Crippen LogP contribution in [0.4, 0.5) is 0 Å². The van der Waals surface area contributed by atoms with Crippen LogP contribution in [0.15, 0.2) is 46.9 Å². The van der Waals surface area contributed by atoms with Crippen molar-refractivity contribution in [2.24, 2.45) is 5.92 Å². The molecule has 1 aliphatic rings. The van der Waals surface area contributed by atoms with Gasteiger partial charge in [-0.1, -0.05) is 43.2 Å². The number of carbonyl (C=O) groups is 2. The number of amides is 2. The molecule has 0 unspecified atom stereocenters. The van der Waals surface area contributed by atoms with Crippen LogP contribution >= 0.6 is 0 Å². The smallest absolute Gasteiger partial charge is 0.242 e. The lowest BCUT2D eigenvalue weighted by molar-refractivity contribution is -0.143. The van der Waals surface area contributed by atoms with Crippen molar-refractivity contribution >= 4 is 11.8 Å². The summed E-state index contributed by atoms with van der Waals surface area (Å²) in [5, 5.41) is 0. The summed E-state index contributed by atoms with van der Waals surface area (Å²) in [4.78, 5) is 29.8. The van der Waals surface area contributed by atoms with Crippen LogP contribution in [-0.4, -0.2) is 55.0 Å². The zero-order valence-corrected chi connectivity index (χ0v) is 18.7. The third kappa shape index (κ3) is 6.96. The number of furan rings is 1. The maximum Gasteiger partial charge on any atom is 0.242 e. The van der Waals surface area contributed by atoms with Gasteiger partial charge in [-0.25, -0.2) is 0 Å². The van der Waals surface area contributed by atoms with Crippen molar-refractivity contribution < 1.29 is 18.7 Å². The molecular weight excluding hydrogens is 392 g/mol. The van der Waals surface area contributed by atoms with E-state index in [1.54, 1.807) is 16.9 Å². The van der Waals surface area contributed by atoms with Gasteiger partial charge in [0.2, 0.25) is 11.8 Å². The molecule has 3 rings (SSSR count). The molecule has 2 amide bonds. The molecule has 1 heterocycles. The second kappa shape index (κ2) is 11.7. The lowest BCUT2D eigenvalue weighted by Gasteiger charge is -2.29. The minimum absolute atomic E-state index is 0.0372. The van der Waals surface area contributed by atoms with Gasteiger partial charge in [0.25, 0.3) is 0 Å². The number of benzene rings is 1. The average molecular weight is 427 g/mol. The maximum atomic E-state index is 13.3. The van der Waals surface area contributed by atoms with Crippen molar-refractivity contribution in [3.63, 3.8) is 0 Å². The highest BCUT2D eigenvalue weighted by atomic mass is 16.5. The van der Waals surface area contributed by atoms with E-state index in [4.69, 9.17) is 9.15 Å². The number of methoxy groups -OCH3 is 1. The minimum atomic E-state index is -0.0626. The molecule has 2 aromatic rings. The number of hydrogen-bond donors (Lipinski definition) is 0. The lowest BCUT2D eigenvalue weighted by atomic mass is 10.1. The molecule has 0 aliphatic heterocycles. The van der Waals surface area contributed by atoms with E-state index in [1.165, 1.54) is 5.56 Å². The van der Waals surface area contributed by atoms with Crippen LogP contribution in [0.1, 0.15) is 42.8 Å². The first-order chi connectivity index (χ1) is 15.1. The zero-order chi connectivity index (χ0) is 22.1. The minimum Gasteiger partial charge on any atom is -0.464 e. The summed E-state index contributed by atoms with van der Waals surface area (Å²) >= 11 is 0. The summed E-state index contributed by atoms with van der Waals surface area (Å²) in [6.07, 6.45) is 4.76. The summed E-state index contributed by atoms with van der Waals surface area (Å²) in [5.74, 6) is 1.63. The van der Waals surface area contributed by atoms with Gasteiger partial charge in [-0.05, 0) is 43.9 Å². The van der Waals surface area contributed by atoms with E-state index < -0.39 is 0 Å². The highest BCUT2D eigenvalue weighted by Gasteiger charge is 2.29. The van der Waals surface area contributed by atoms with Crippen LogP contribution < -0.4 is 0 Å². The van der Waals surface area contributed by atoms with Gasteiger partial charge in [0.05, 0.1) is 19.7 Å². The predicted molar refractivity (Wildman–Crippen MR) is 119 cm³/mol. The molecule has 1 aromatic heterocycles. The van der Waals surface area contributed by atoms with Crippen molar-refractivity contribution in [3.8, 4) is 0 Å². The molecular formula is C25H34N2O4. The number of nitrogens with zero attached hydrogens (tertiary/aromatic N) is 2. The van der Waals surface area contributed by atoms with Gasteiger partial charge in [0.1, 0.15) is 11.5 Å². The Morgan fingerprint density at radius 1 is 1.03 bits per heavy atom. The number of ether oxygens (including phenoxy) is 1. The van der Waals surface area contributed by atoms with Crippen molar-refractivity contribution in [2.75, 3.05) is 33.4 Å². The quantitative estimate of drug-likeness (QED) is 0.548. The molecule has 6 nitrogen and oxygen atoms in total. The summed E-state index contributed by atoms with van der Waals surface area (Å²) < 4.78 is 10.9. The Balaban J connectivity index is 1.69. The van der Waals surface area contributed by atoms with Crippen LogP contribution in [0.5, 0.6) is 0 Å². The fourth-order valence-electron chi connectivity index (χ4n) is 4.12. The Morgan fingerprint density at radius 2 is 1.77 bits per heavy atom. The van der Waals surface area contributed by atoms with Gasteiger partial charge in [-0.2, -0.15) is 0 Å². The van der Waals surface area contributed by atoms with Gasteiger partial charge < -0.3 is 19.0 Å². The van der Waals surface area contributed by atoms with Crippen LogP contribution in [-0.2, 0) is 27.3 Å². The zero-order valence-electron chi connectivity index (χ0n) is 18.7. The Morgan fingerprint density at radius 3 is 2.42 bits per heavy atom. The van der Waals surface area contributed by atoms with Crippen molar-refractivity contribution in [1.82, 2.24) is 9.80 Å². The van der Waals surface area contributed by atoms with E-state index in [0.29, 0.717) is 26.2 Å². The largest absolute Gasteiger partial charge is 0.464 e. The van der Waals surface area contributed by atoms with Crippen molar-refractivity contribution in [2.45, 2.75) is 45.6 Å². The molecule has 1 aliphatic carbocycles. The van der Waals surface area contributed by atoms with Crippen LogP contribution in [0.3, 0.4) is 0 Å². The van der Waals surface area contributed by atoms with E-state index in [1.807, 2.05) is 37.3 Å². The Hall–Kier alpha value is -2.60. The molecule has 0 spiro atoms. The molecule has 168 valence electrons. The molecule has 31 heavy (non-hydrogen) atoms. The van der Waals surface area contributed by atoms with Crippen molar-refractivity contribution in [1.29, 1.82) is 0 Å². The second-order valence-electron chi connectivity index (χ2n) is 8.30. The van der Waals surface area contributed by atoms with E-state index in [9.17, 15) is 9.59 Å². The molecule has 0 radical (unpaired) electrons. The molecule has 1 aromatic carbocycles. The van der Waals surface area contributed by atoms with E-state index in [-0.39, 0.29) is 24.3 Å². The Labute approximate surface area is 185 Å². The highest BCUT2D eigenvalue weighted by molar-refractivity contribution is 5.86. The van der Waals surface area contributed by atoms with Gasteiger partial charge in [-0.3, -0.25) is 9.59 Å². The number of carbonyl (C=O) groups excluding carboxylic acids is 2. The molecule has 6 heteroatoms. The predicted octanol–water partition coefficient (Wildman–Crippen LogP) is 3.82. The molecule has 1 fully saturated rings. The van der Waals surface area contributed by atoms with Crippen LogP contribution in [0, 0.1) is 12.8 Å². The second-order valence-corrected chi connectivity index (χ2v) is 8.30. The third-order valence-electron chi connectivity index (χ3n) is 5.92. The molecule has 0 N–H and O–H groups in total. The standard InChI is InChI=1S/C25H34N2O4/c1-20-12-13-23(31-20)18-26(15-14-21-8-4-3-5-9-21)24(28)19-27(16-17-30-2)25(29)22-10-6-7-11-22/h3-5,8-9,12-13,22H,6-7,10-11,14-19H2,1-2H3.